The van der Waals surface area contributed by atoms with Crippen molar-refractivity contribution in [2.24, 2.45) is 5.73 Å². The molecule has 0 saturated carbocycles. The number of hydrogen-bond donors (Lipinski definition) is 2. The van der Waals surface area contributed by atoms with Crippen LogP contribution >= 0.6 is 23.2 Å². The number of hydrogen-bond acceptors (Lipinski definition) is 4. The van der Waals surface area contributed by atoms with E-state index in [9.17, 15) is 4.79 Å². The number of nitrogens with one attached hydrogen (secondary N) is 1. The minimum absolute atomic E-state index is 0.0444. The largest absolute Gasteiger partial charge is 0.457 e. The molecule has 0 radical (unpaired) electrons. The Balaban J connectivity index is 1.60. The minimum atomic E-state index is -0.312. The number of benzene rings is 2. The van der Waals surface area contributed by atoms with Crippen LogP contribution < -0.4 is 11.1 Å². The number of furan rings is 1. The lowest BCUT2D eigenvalue weighted by molar-refractivity contribution is -0.112. The second kappa shape index (κ2) is 8.71. The van der Waals surface area contributed by atoms with E-state index in [1.54, 1.807) is 42.6 Å². The van der Waals surface area contributed by atoms with Crippen LogP contribution in [0.5, 0.6) is 0 Å². The maximum Gasteiger partial charge on any atom is 0.253 e. The number of nitrogens with two attached hydrogens (primary N) is 1. The summed E-state index contributed by atoms with van der Waals surface area (Å²) < 4.78 is 5.84. The van der Waals surface area contributed by atoms with Gasteiger partial charge in [-0.1, -0.05) is 29.3 Å². The Morgan fingerprint density at radius 3 is 2.80 bits per heavy atom. The van der Waals surface area contributed by atoms with Gasteiger partial charge in [0.05, 0.1) is 16.2 Å². The van der Waals surface area contributed by atoms with Crippen LogP contribution in [0.25, 0.3) is 28.3 Å². The molecular formula is C23H17Cl2N3O2. The van der Waals surface area contributed by atoms with Gasteiger partial charge in [0, 0.05) is 34.3 Å². The average Bonchev–Trinajstić information content (AvgIpc) is 3.22. The summed E-state index contributed by atoms with van der Waals surface area (Å²) >= 11 is 12.3. The summed E-state index contributed by atoms with van der Waals surface area (Å²) in [5.41, 5.74) is 8.33. The molecule has 0 atom stereocenters. The molecule has 0 aliphatic rings. The number of carbonyl (C=O) groups is 1. The molecule has 2 aromatic heterocycles. The smallest absolute Gasteiger partial charge is 0.253 e. The van der Waals surface area contributed by atoms with Crippen LogP contribution in [-0.2, 0) is 4.79 Å². The van der Waals surface area contributed by atoms with E-state index in [2.05, 4.69) is 10.3 Å². The SMILES string of the molecule is NC/C(=C\c1ccc(-c2cc(Cl)ccc2Cl)o1)C(=O)Nc1cccc2ncccc12. The highest BCUT2D eigenvalue weighted by atomic mass is 35.5. The fraction of sp³-hybridized carbons (Fsp3) is 0.0435. The van der Waals surface area contributed by atoms with Gasteiger partial charge in [0.15, 0.2) is 0 Å². The molecule has 7 heteroatoms. The van der Waals surface area contributed by atoms with Gasteiger partial charge in [-0.2, -0.15) is 0 Å². The molecule has 4 aromatic rings. The maximum absolute atomic E-state index is 12.8. The maximum atomic E-state index is 12.8. The molecule has 4 rings (SSSR count). The van der Waals surface area contributed by atoms with Gasteiger partial charge >= 0.3 is 0 Å². The summed E-state index contributed by atoms with van der Waals surface area (Å²) in [6.45, 7) is 0.0444. The standard InChI is InChI=1S/C23H17Cl2N3O2/c24-15-6-8-19(25)18(12-15)22-9-7-16(30-22)11-14(13-26)23(29)28-21-5-1-4-20-17(21)3-2-10-27-20/h1-12H,13,26H2,(H,28,29)/b14-11+. The zero-order valence-corrected chi connectivity index (χ0v) is 17.2. The topological polar surface area (TPSA) is 81.1 Å². The third-order valence-corrected chi connectivity index (χ3v) is 5.11. The Morgan fingerprint density at radius 1 is 1.10 bits per heavy atom. The summed E-state index contributed by atoms with van der Waals surface area (Å²) in [6.07, 6.45) is 3.32. The van der Waals surface area contributed by atoms with Crippen LogP contribution in [0.2, 0.25) is 10.0 Å². The molecule has 0 aliphatic heterocycles. The highest BCUT2D eigenvalue weighted by molar-refractivity contribution is 6.35. The van der Waals surface area contributed by atoms with Crippen molar-refractivity contribution in [1.82, 2.24) is 4.98 Å². The van der Waals surface area contributed by atoms with E-state index in [0.717, 1.165) is 10.9 Å². The van der Waals surface area contributed by atoms with Crippen molar-refractivity contribution in [3.63, 3.8) is 0 Å². The van der Waals surface area contributed by atoms with Crippen LogP contribution in [0.3, 0.4) is 0 Å². The fourth-order valence-electron chi connectivity index (χ4n) is 3.07. The van der Waals surface area contributed by atoms with E-state index in [4.69, 9.17) is 33.4 Å². The first kappa shape index (κ1) is 20.2. The van der Waals surface area contributed by atoms with Gasteiger partial charge in [-0.05, 0) is 60.7 Å². The van der Waals surface area contributed by atoms with Crippen LogP contribution in [-0.4, -0.2) is 17.4 Å². The number of anilines is 1. The van der Waals surface area contributed by atoms with Crippen molar-refractivity contribution in [1.29, 1.82) is 0 Å². The second-order valence-corrected chi connectivity index (χ2v) is 7.37. The average molecular weight is 438 g/mol. The number of amides is 1. The first-order valence-corrected chi connectivity index (χ1v) is 9.92. The van der Waals surface area contributed by atoms with Gasteiger partial charge in [-0.25, -0.2) is 0 Å². The first-order valence-electron chi connectivity index (χ1n) is 9.16. The normalized spacial score (nSPS) is 11.6. The molecule has 0 unspecified atom stereocenters. The molecule has 0 bridgehead atoms. The van der Waals surface area contributed by atoms with Crippen LogP contribution in [0.1, 0.15) is 5.76 Å². The van der Waals surface area contributed by atoms with Gasteiger partial charge in [0.25, 0.3) is 5.91 Å². The lowest BCUT2D eigenvalue weighted by Crippen LogP contribution is -2.20. The van der Waals surface area contributed by atoms with Crippen molar-refractivity contribution in [2.75, 3.05) is 11.9 Å². The van der Waals surface area contributed by atoms with Crippen molar-refractivity contribution in [3.05, 3.63) is 88.2 Å². The van der Waals surface area contributed by atoms with Gasteiger partial charge in [-0.3, -0.25) is 9.78 Å². The number of nitrogens with zero attached hydrogens (tertiary/aromatic N) is 1. The van der Waals surface area contributed by atoms with Gasteiger partial charge in [0.1, 0.15) is 11.5 Å². The van der Waals surface area contributed by atoms with E-state index in [1.807, 2.05) is 30.3 Å². The monoisotopic (exact) mass is 437 g/mol. The Morgan fingerprint density at radius 2 is 1.97 bits per heavy atom. The van der Waals surface area contributed by atoms with Gasteiger partial charge in [0.2, 0.25) is 0 Å². The molecule has 150 valence electrons. The summed E-state index contributed by atoms with van der Waals surface area (Å²) in [4.78, 5) is 17.1. The number of aromatic nitrogens is 1. The summed E-state index contributed by atoms with van der Waals surface area (Å²) in [5.74, 6) is 0.717. The van der Waals surface area contributed by atoms with Crippen molar-refractivity contribution in [3.8, 4) is 11.3 Å². The summed E-state index contributed by atoms with van der Waals surface area (Å²) in [5, 5.41) is 4.82. The quantitative estimate of drug-likeness (QED) is 0.387. The van der Waals surface area contributed by atoms with E-state index in [0.29, 0.717) is 38.4 Å². The van der Waals surface area contributed by atoms with E-state index >= 15 is 0 Å². The summed E-state index contributed by atoms with van der Waals surface area (Å²) in [6, 6.07) is 17.9. The molecule has 0 fully saturated rings. The molecule has 30 heavy (non-hydrogen) atoms. The van der Waals surface area contributed by atoms with E-state index < -0.39 is 0 Å². The number of rotatable bonds is 5. The lowest BCUT2D eigenvalue weighted by atomic mass is 10.1. The van der Waals surface area contributed by atoms with Crippen LogP contribution in [0.4, 0.5) is 5.69 Å². The highest BCUT2D eigenvalue weighted by Gasteiger charge is 2.13. The Hall–Kier alpha value is -3.12. The summed E-state index contributed by atoms with van der Waals surface area (Å²) in [7, 11) is 0. The van der Waals surface area contributed by atoms with Gasteiger partial charge < -0.3 is 15.5 Å². The zero-order valence-electron chi connectivity index (χ0n) is 15.7. The Kier molecular flexibility index (Phi) is 5.86. The zero-order chi connectivity index (χ0) is 21.1. The van der Waals surface area contributed by atoms with Crippen LogP contribution in [0, 0.1) is 0 Å². The molecule has 3 N–H and O–H groups in total. The number of carbonyl (C=O) groups excluding carboxylic acids is 1. The third-order valence-electron chi connectivity index (χ3n) is 4.54. The minimum Gasteiger partial charge on any atom is -0.457 e. The van der Waals surface area contributed by atoms with Gasteiger partial charge in [-0.15, -0.1) is 0 Å². The second-order valence-electron chi connectivity index (χ2n) is 6.53. The van der Waals surface area contributed by atoms with Crippen molar-refractivity contribution in [2.45, 2.75) is 0 Å². The van der Waals surface area contributed by atoms with E-state index in [1.165, 1.54) is 0 Å². The number of halogens is 2. The molecule has 1 amide bonds. The molecule has 0 saturated heterocycles. The molecule has 0 spiro atoms. The highest BCUT2D eigenvalue weighted by Crippen LogP contribution is 2.32. The van der Waals surface area contributed by atoms with Crippen molar-refractivity contribution >= 4 is 51.8 Å². The first-order chi connectivity index (χ1) is 14.5. The molecule has 2 aromatic carbocycles. The Bertz CT molecular complexity index is 1260. The number of pyridine rings is 1. The molecule has 5 nitrogen and oxygen atoms in total. The van der Waals surface area contributed by atoms with E-state index in [-0.39, 0.29) is 12.5 Å². The van der Waals surface area contributed by atoms with Crippen molar-refractivity contribution < 1.29 is 9.21 Å². The third kappa shape index (κ3) is 4.24. The molecule has 2 heterocycles. The molecular weight excluding hydrogens is 421 g/mol. The Labute approximate surface area is 183 Å². The fourth-order valence-corrected chi connectivity index (χ4v) is 3.45. The molecule has 0 aliphatic carbocycles. The predicted octanol–water partition coefficient (Wildman–Crippen LogP) is 5.78. The van der Waals surface area contributed by atoms with Crippen LogP contribution in [0.15, 0.2) is 76.9 Å². The number of fused-ring (bicyclic) bond motifs is 1. The lowest BCUT2D eigenvalue weighted by Gasteiger charge is -2.09. The predicted molar refractivity (Wildman–Crippen MR) is 122 cm³/mol.